The van der Waals surface area contributed by atoms with Gasteiger partial charge in [-0.3, -0.25) is 9.89 Å². The fraction of sp³-hybridized carbons (Fsp3) is 0.632. The van der Waals surface area contributed by atoms with Crippen LogP contribution in [0.25, 0.3) is 0 Å². The minimum absolute atomic E-state index is 0.00877. The normalized spacial score (nSPS) is 18.0. The minimum atomic E-state index is 0.00877. The lowest BCUT2D eigenvalue weighted by molar-refractivity contribution is 0.245. The topological polar surface area (TPSA) is 39.7 Å². The van der Waals surface area contributed by atoms with Crippen LogP contribution in [0.15, 0.2) is 29.3 Å². The Hall–Kier alpha value is -1.55. The summed E-state index contributed by atoms with van der Waals surface area (Å²) in [5.41, 5.74) is 2.71. The van der Waals surface area contributed by atoms with E-state index in [1.54, 1.807) is 0 Å². The van der Waals surface area contributed by atoms with E-state index in [0.717, 1.165) is 12.5 Å². The van der Waals surface area contributed by atoms with Gasteiger partial charge in [-0.1, -0.05) is 29.8 Å². The smallest absolute Gasteiger partial charge is 0.191 e. The number of aryl methyl sites for hydroxylation is 1. The molecule has 1 aliphatic heterocycles. The third-order valence-electron chi connectivity index (χ3n) is 4.22. The Labute approximate surface area is 141 Å². The molecule has 0 spiro atoms. The summed E-state index contributed by atoms with van der Waals surface area (Å²) in [6, 6.07) is 9.35. The molecule has 0 aliphatic carbocycles. The summed E-state index contributed by atoms with van der Waals surface area (Å²) in [4.78, 5) is 6.94. The number of aliphatic imine (C=N–C) groups is 1. The highest BCUT2D eigenvalue weighted by Gasteiger charge is 2.24. The van der Waals surface area contributed by atoms with Gasteiger partial charge in [0.2, 0.25) is 0 Å². The summed E-state index contributed by atoms with van der Waals surface area (Å²) in [6.07, 6.45) is 2.61. The maximum absolute atomic E-state index is 4.36. The Balaban J connectivity index is 2.07. The Morgan fingerprint density at radius 1 is 1.17 bits per heavy atom. The quantitative estimate of drug-likeness (QED) is 0.662. The first-order chi connectivity index (χ1) is 10.9. The number of likely N-dealkylation sites (tertiary alicyclic amines) is 1. The van der Waals surface area contributed by atoms with Crippen molar-refractivity contribution in [2.75, 3.05) is 26.7 Å². The zero-order chi connectivity index (χ0) is 16.9. The Morgan fingerprint density at radius 2 is 1.78 bits per heavy atom. The minimum Gasteiger partial charge on any atom is -0.354 e. The van der Waals surface area contributed by atoms with E-state index < -0.39 is 0 Å². The van der Waals surface area contributed by atoms with Crippen LogP contribution in [0.2, 0.25) is 0 Å². The molecule has 4 heteroatoms. The Bertz CT molecular complexity index is 507. The molecular formula is C19H32N4. The van der Waals surface area contributed by atoms with Gasteiger partial charge in [0.15, 0.2) is 5.96 Å². The lowest BCUT2D eigenvalue weighted by atomic mass is 10.0. The lowest BCUT2D eigenvalue weighted by Gasteiger charge is -2.30. The van der Waals surface area contributed by atoms with Crippen molar-refractivity contribution in [2.45, 2.75) is 52.1 Å². The molecule has 1 heterocycles. The molecule has 1 aromatic rings. The van der Waals surface area contributed by atoms with E-state index in [1.807, 2.05) is 7.05 Å². The van der Waals surface area contributed by atoms with Crippen molar-refractivity contribution in [1.82, 2.24) is 15.5 Å². The van der Waals surface area contributed by atoms with Gasteiger partial charge in [-0.2, -0.15) is 0 Å². The highest BCUT2D eigenvalue weighted by Crippen LogP contribution is 2.24. The summed E-state index contributed by atoms with van der Waals surface area (Å²) in [5.74, 6) is 0.869. The number of nitrogens with one attached hydrogen (secondary N) is 2. The van der Waals surface area contributed by atoms with Crippen LogP contribution in [-0.2, 0) is 0 Å². The van der Waals surface area contributed by atoms with Crippen LogP contribution in [0, 0.1) is 6.92 Å². The standard InChI is InChI=1S/C19H32N4/c1-15-8-10-16(11-9-15)17(23-12-6-7-13-23)14-21-18(20-5)22-19(2,3)4/h8-11,17H,6-7,12-14H2,1-5H3,(H2,20,21,22). The molecule has 2 rings (SSSR count). The molecule has 0 aromatic heterocycles. The van der Waals surface area contributed by atoms with Gasteiger partial charge >= 0.3 is 0 Å². The molecule has 1 unspecified atom stereocenters. The lowest BCUT2D eigenvalue weighted by Crippen LogP contribution is -2.49. The summed E-state index contributed by atoms with van der Waals surface area (Å²) < 4.78 is 0. The van der Waals surface area contributed by atoms with Gasteiger partial charge in [-0.05, 0) is 59.2 Å². The second-order valence-electron chi connectivity index (χ2n) is 7.50. The zero-order valence-corrected chi connectivity index (χ0v) is 15.3. The van der Waals surface area contributed by atoms with E-state index in [0.29, 0.717) is 6.04 Å². The number of hydrogen-bond acceptors (Lipinski definition) is 2. The fourth-order valence-corrected chi connectivity index (χ4v) is 3.03. The molecule has 1 atom stereocenters. The Kier molecular flexibility index (Phi) is 6.05. The third-order valence-corrected chi connectivity index (χ3v) is 4.22. The van der Waals surface area contributed by atoms with Crippen molar-refractivity contribution in [2.24, 2.45) is 4.99 Å². The van der Waals surface area contributed by atoms with Crippen LogP contribution < -0.4 is 10.6 Å². The van der Waals surface area contributed by atoms with Crippen LogP contribution in [-0.4, -0.2) is 43.1 Å². The molecule has 1 saturated heterocycles. The predicted octanol–water partition coefficient (Wildman–Crippen LogP) is 3.10. The van der Waals surface area contributed by atoms with E-state index in [4.69, 9.17) is 0 Å². The predicted molar refractivity (Wildman–Crippen MR) is 99.0 cm³/mol. The first kappa shape index (κ1) is 17.8. The average Bonchev–Trinajstić information content (AvgIpc) is 3.01. The summed E-state index contributed by atoms with van der Waals surface area (Å²) >= 11 is 0. The van der Waals surface area contributed by atoms with Crippen molar-refractivity contribution in [3.8, 4) is 0 Å². The molecule has 0 saturated carbocycles. The first-order valence-electron chi connectivity index (χ1n) is 8.68. The van der Waals surface area contributed by atoms with Crippen LogP contribution in [0.5, 0.6) is 0 Å². The number of rotatable bonds is 4. The van der Waals surface area contributed by atoms with Crippen molar-refractivity contribution >= 4 is 5.96 Å². The monoisotopic (exact) mass is 316 g/mol. The zero-order valence-electron chi connectivity index (χ0n) is 15.3. The third kappa shape index (κ3) is 5.54. The molecule has 4 nitrogen and oxygen atoms in total. The average molecular weight is 316 g/mol. The molecule has 23 heavy (non-hydrogen) atoms. The van der Waals surface area contributed by atoms with Crippen molar-refractivity contribution in [3.05, 3.63) is 35.4 Å². The molecule has 128 valence electrons. The second-order valence-corrected chi connectivity index (χ2v) is 7.50. The van der Waals surface area contributed by atoms with Crippen LogP contribution in [0.3, 0.4) is 0 Å². The van der Waals surface area contributed by atoms with Crippen LogP contribution in [0.1, 0.15) is 50.8 Å². The Morgan fingerprint density at radius 3 is 2.30 bits per heavy atom. The summed E-state index contributed by atoms with van der Waals surface area (Å²) in [5, 5.41) is 6.95. The fourth-order valence-electron chi connectivity index (χ4n) is 3.03. The van der Waals surface area contributed by atoms with Gasteiger partial charge in [-0.25, -0.2) is 0 Å². The van der Waals surface area contributed by atoms with E-state index in [9.17, 15) is 0 Å². The van der Waals surface area contributed by atoms with Gasteiger partial charge in [-0.15, -0.1) is 0 Å². The molecule has 0 amide bonds. The second kappa shape index (κ2) is 7.82. The molecule has 2 N–H and O–H groups in total. The van der Waals surface area contributed by atoms with Gasteiger partial charge < -0.3 is 10.6 Å². The van der Waals surface area contributed by atoms with Gasteiger partial charge in [0.1, 0.15) is 0 Å². The van der Waals surface area contributed by atoms with E-state index in [2.05, 4.69) is 72.5 Å². The van der Waals surface area contributed by atoms with Gasteiger partial charge in [0.25, 0.3) is 0 Å². The maximum atomic E-state index is 4.36. The highest BCUT2D eigenvalue weighted by molar-refractivity contribution is 5.80. The highest BCUT2D eigenvalue weighted by atomic mass is 15.2. The molecule has 1 aromatic carbocycles. The maximum Gasteiger partial charge on any atom is 0.191 e. The van der Waals surface area contributed by atoms with Gasteiger partial charge in [0.05, 0.1) is 6.04 Å². The van der Waals surface area contributed by atoms with E-state index in [-0.39, 0.29) is 5.54 Å². The van der Waals surface area contributed by atoms with E-state index >= 15 is 0 Å². The number of hydrogen-bond donors (Lipinski definition) is 2. The van der Waals surface area contributed by atoms with E-state index in [1.165, 1.54) is 37.1 Å². The van der Waals surface area contributed by atoms with Crippen LogP contribution in [0.4, 0.5) is 0 Å². The molecule has 0 bridgehead atoms. The van der Waals surface area contributed by atoms with Crippen molar-refractivity contribution < 1.29 is 0 Å². The SMILES string of the molecule is CN=C(NCC(c1ccc(C)cc1)N1CCCC1)NC(C)(C)C. The molecule has 0 radical (unpaired) electrons. The number of guanidine groups is 1. The molecule has 1 aliphatic rings. The van der Waals surface area contributed by atoms with Gasteiger partial charge in [0, 0.05) is 19.1 Å². The number of nitrogens with zero attached hydrogens (tertiary/aromatic N) is 2. The van der Waals surface area contributed by atoms with Crippen molar-refractivity contribution in [3.63, 3.8) is 0 Å². The van der Waals surface area contributed by atoms with Crippen molar-refractivity contribution in [1.29, 1.82) is 0 Å². The summed E-state index contributed by atoms with van der Waals surface area (Å²) in [6.45, 7) is 11.8. The molecular weight excluding hydrogens is 284 g/mol. The van der Waals surface area contributed by atoms with Crippen LogP contribution >= 0.6 is 0 Å². The largest absolute Gasteiger partial charge is 0.354 e. The molecule has 1 fully saturated rings. The summed E-state index contributed by atoms with van der Waals surface area (Å²) in [7, 11) is 1.83. The first-order valence-corrected chi connectivity index (χ1v) is 8.68. The number of benzene rings is 1.